The van der Waals surface area contributed by atoms with Gasteiger partial charge in [-0.3, -0.25) is 0 Å². The summed E-state index contributed by atoms with van der Waals surface area (Å²) in [5.74, 6) is 0. The molecular weight excluding hydrogens is 316 g/mol. The predicted molar refractivity (Wildman–Crippen MR) is 77.4 cm³/mol. The number of hydrogen-bond acceptors (Lipinski definition) is 2. The highest BCUT2D eigenvalue weighted by Gasteiger charge is 2.31. The van der Waals surface area contributed by atoms with Crippen LogP contribution in [0.25, 0.3) is 0 Å². The van der Waals surface area contributed by atoms with Crippen molar-refractivity contribution in [2.45, 2.75) is 19.4 Å². The van der Waals surface area contributed by atoms with Gasteiger partial charge < -0.3 is 9.47 Å². The van der Waals surface area contributed by atoms with Crippen LogP contribution in [0.3, 0.4) is 0 Å². The van der Waals surface area contributed by atoms with Gasteiger partial charge in [-0.25, -0.2) is 0 Å². The molecule has 0 bridgehead atoms. The SMILES string of the molecule is Clc1ccccc1COCC1(CBr)CCOCC1. The van der Waals surface area contributed by atoms with Crippen molar-refractivity contribution in [1.82, 2.24) is 0 Å². The molecule has 4 heteroatoms. The average molecular weight is 334 g/mol. The van der Waals surface area contributed by atoms with Gasteiger partial charge in [0.15, 0.2) is 0 Å². The van der Waals surface area contributed by atoms with Crippen LogP contribution >= 0.6 is 27.5 Å². The lowest BCUT2D eigenvalue weighted by Gasteiger charge is -2.35. The Hall–Kier alpha value is -0.0900. The van der Waals surface area contributed by atoms with Gasteiger partial charge in [0.25, 0.3) is 0 Å². The van der Waals surface area contributed by atoms with Crippen LogP contribution in [0.5, 0.6) is 0 Å². The first-order chi connectivity index (χ1) is 8.76. The highest BCUT2D eigenvalue weighted by molar-refractivity contribution is 9.09. The van der Waals surface area contributed by atoms with E-state index >= 15 is 0 Å². The van der Waals surface area contributed by atoms with E-state index in [1.165, 1.54) is 0 Å². The number of rotatable bonds is 5. The Morgan fingerprint density at radius 2 is 2.00 bits per heavy atom. The fourth-order valence-electron chi connectivity index (χ4n) is 2.11. The highest BCUT2D eigenvalue weighted by Crippen LogP contribution is 2.33. The van der Waals surface area contributed by atoms with Crippen molar-refractivity contribution < 1.29 is 9.47 Å². The lowest BCUT2D eigenvalue weighted by molar-refractivity contribution is -0.0311. The van der Waals surface area contributed by atoms with E-state index in [9.17, 15) is 0 Å². The van der Waals surface area contributed by atoms with Gasteiger partial charge in [-0.2, -0.15) is 0 Å². The molecule has 0 spiro atoms. The zero-order valence-corrected chi connectivity index (χ0v) is 12.7. The van der Waals surface area contributed by atoms with Crippen LogP contribution in [0.15, 0.2) is 24.3 Å². The van der Waals surface area contributed by atoms with Crippen molar-refractivity contribution in [1.29, 1.82) is 0 Å². The van der Waals surface area contributed by atoms with Crippen molar-refractivity contribution in [2.75, 3.05) is 25.2 Å². The number of hydrogen-bond donors (Lipinski definition) is 0. The third kappa shape index (κ3) is 3.70. The summed E-state index contributed by atoms with van der Waals surface area (Å²) in [5.41, 5.74) is 1.27. The minimum atomic E-state index is 0.222. The summed E-state index contributed by atoms with van der Waals surface area (Å²) in [7, 11) is 0. The molecule has 0 atom stereocenters. The molecule has 2 nitrogen and oxygen atoms in total. The van der Waals surface area contributed by atoms with Gasteiger partial charge in [-0.05, 0) is 24.5 Å². The van der Waals surface area contributed by atoms with Crippen molar-refractivity contribution in [3.8, 4) is 0 Å². The van der Waals surface area contributed by atoms with E-state index in [-0.39, 0.29) is 5.41 Å². The Labute approximate surface area is 122 Å². The first kappa shape index (κ1) is 14.3. The third-order valence-corrected chi connectivity index (χ3v) is 5.02. The number of halogens is 2. The average Bonchev–Trinajstić information content (AvgIpc) is 2.42. The van der Waals surface area contributed by atoms with E-state index in [0.717, 1.165) is 48.6 Å². The van der Waals surface area contributed by atoms with Crippen molar-refractivity contribution in [2.24, 2.45) is 5.41 Å². The van der Waals surface area contributed by atoms with E-state index in [4.69, 9.17) is 21.1 Å². The standard InChI is InChI=1S/C14H18BrClO2/c15-10-14(5-7-17-8-6-14)11-18-9-12-3-1-2-4-13(12)16/h1-4H,5-11H2. The van der Waals surface area contributed by atoms with Crippen LogP contribution in [0.2, 0.25) is 5.02 Å². The van der Waals surface area contributed by atoms with Gasteiger partial charge in [0, 0.05) is 29.0 Å². The van der Waals surface area contributed by atoms with Crippen LogP contribution < -0.4 is 0 Å². The summed E-state index contributed by atoms with van der Waals surface area (Å²) in [4.78, 5) is 0. The van der Waals surface area contributed by atoms with Gasteiger partial charge in [0.1, 0.15) is 0 Å². The largest absolute Gasteiger partial charge is 0.381 e. The van der Waals surface area contributed by atoms with Crippen molar-refractivity contribution in [3.05, 3.63) is 34.9 Å². The van der Waals surface area contributed by atoms with Crippen LogP contribution in [0, 0.1) is 5.41 Å². The number of ether oxygens (including phenoxy) is 2. The summed E-state index contributed by atoms with van der Waals surface area (Å²) in [6, 6.07) is 7.83. The molecule has 1 saturated heterocycles. The topological polar surface area (TPSA) is 18.5 Å². The molecule has 2 rings (SSSR count). The second kappa shape index (κ2) is 6.90. The molecule has 0 aliphatic carbocycles. The Bertz CT molecular complexity index is 378. The predicted octanol–water partition coefficient (Wildman–Crippen LogP) is 4.05. The fraction of sp³-hybridized carbons (Fsp3) is 0.571. The quantitative estimate of drug-likeness (QED) is 0.757. The number of alkyl halides is 1. The smallest absolute Gasteiger partial charge is 0.0731 e. The molecule has 1 aliphatic rings. The van der Waals surface area contributed by atoms with Crippen LogP contribution in [-0.4, -0.2) is 25.2 Å². The molecule has 0 N–H and O–H groups in total. The summed E-state index contributed by atoms with van der Waals surface area (Å²) >= 11 is 9.71. The van der Waals surface area contributed by atoms with E-state index in [2.05, 4.69) is 15.9 Å². The van der Waals surface area contributed by atoms with Gasteiger partial charge in [0.05, 0.1) is 13.2 Å². The van der Waals surface area contributed by atoms with Crippen molar-refractivity contribution >= 4 is 27.5 Å². The molecule has 0 aromatic heterocycles. The summed E-state index contributed by atoms with van der Waals surface area (Å²) < 4.78 is 11.3. The molecule has 18 heavy (non-hydrogen) atoms. The Kier molecular flexibility index (Phi) is 5.49. The molecule has 0 radical (unpaired) electrons. The van der Waals surface area contributed by atoms with E-state index in [0.29, 0.717) is 6.61 Å². The lowest BCUT2D eigenvalue weighted by Crippen LogP contribution is -2.35. The van der Waals surface area contributed by atoms with Gasteiger partial charge in [-0.1, -0.05) is 45.7 Å². The normalized spacial score (nSPS) is 18.8. The second-order valence-corrected chi connectivity index (χ2v) is 5.80. The summed E-state index contributed by atoms with van der Waals surface area (Å²) in [5, 5.41) is 1.74. The van der Waals surface area contributed by atoms with Crippen LogP contribution in [0.4, 0.5) is 0 Å². The summed E-state index contributed by atoms with van der Waals surface area (Å²) in [6.07, 6.45) is 2.11. The first-order valence-electron chi connectivity index (χ1n) is 6.21. The van der Waals surface area contributed by atoms with E-state index in [1.807, 2.05) is 24.3 Å². The molecule has 1 aliphatic heterocycles. The molecular formula is C14H18BrClO2. The summed E-state index contributed by atoms with van der Waals surface area (Å²) in [6.45, 7) is 3.00. The molecule has 1 aromatic carbocycles. The van der Waals surface area contributed by atoms with E-state index < -0.39 is 0 Å². The van der Waals surface area contributed by atoms with Crippen molar-refractivity contribution in [3.63, 3.8) is 0 Å². The minimum Gasteiger partial charge on any atom is -0.381 e. The maximum absolute atomic E-state index is 6.11. The molecule has 1 aromatic rings. The Morgan fingerprint density at radius 1 is 1.28 bits per heavy atom. The maximum atomic E-state index is 6.11. The Balaban J connectivity index is 1.85. The van der Waals surface area contributed by atoms with E-state index in [1.54, 1.807) is 0 Å². The van der Waals surface area contributed by atoms with Gasteiger partial charge in [-0.15, -0.1) is 0 Å². The van der Waals surface area contributed by atoms with Crippen LogP contribution in [-0.2, 0) is 16.1 Å². The fourth-order valence-corrected chi connectivity index (χ4v) is 3.03. The highest BCUT2D eigenvalue weighted by atomic mass is 79.9. The Morgan fingerprint density at radius 3 is 2.67 bits per heavy atom. The second-order valence-electron chi connectivity index (χ2n) is 4.83. The minimum absolute atomic E-state index is 0.222. The molecule has 1 heterocycles. The zero-order valence-electron chi connectivity index (χ0n) is 10.3. The van der Waals surface area contributed by atoms with Gasteiger partial charge >= 0.3 is 0 Å². The molecule has 0 amide bonds. The zero-order chi connectivity index (χ0) is 12.8. The van der Waals surface area contributed by atoms with Gasteiger partial charge in [0.2, 0.25) is 0 Å². The molecule has 0 unspecified atom stereocenters. The maximum Gasteiger partial charge on any atom is 0.0731 e. The molecule has 0 saturated carbocycles. The first-order valence-corrected chi connectivity index (χ1v) is 7.71. The lowest BCUT2D eigenvalue weighted by atomic mass is 9.83. The molecule has 1 fully saturated rings. The van der Waals surface area contributed by atoms with Crippen LogP contribution in [0.1, 0.15) is 18.4 Å². The molecule has 100 valence electrons. The monoisotopic (exact) mass is 332 g/mol. The number of benzene rings is 1. The third-order valence-electron chi connectivity index (χ3n) is 3.46.